The van der Waals surface area contributed by atoms with E-state index in [9.17, 15) is 4.79 Å². The van der Waals surface area contributed by atoms with E-state index in [0.717, 1.165) is 31.6 Å². The zero-order valence-electron chi connectivity index (χ0n) is 11.5. The van der Waals surface area contributed by atoms with Crippen molar-refractivity contribution in [3.63, 3.8) is 0 Å². The van der Waals surface area contributed by atoms with Crippen LogP contribution < -0.4 is 5.32 Å². The van der Waals surface area contributed by atoms with E-state index in [-0.39, 0.29) is 12.5 Å². The van der Waals surface area contributed by atoms with Crippen LogP contribution >= 0.6 is 0 Å². The Kier molecular flexibility index (Phi) is 6.35. The first-order valence-electron chi connectivity index (χ1n) is 6.52. The van der Waals surface area contributed by atoms with Crippen molar-refractivity contribution in [2.75, 3.05) is 20.1 Å². The molecule has 0 unspecified atom stereocenters. The van der Waals surface area contributed by atoms with E-state index in [0.29, 0.717) is 6.54 Å². The Hall–Kier alpha value is -1.43. The average Bonchev–Trinajstić information content (AvgIpc) is 2.77. The molecule has 0 aliphatic rings. The summed E-state index contributed by atoms with van der Waals surface area (Å²) >= 11 is 0. The molecule has 0 aliphatic heterocycles. The highest BCUT2D eigenvalue weighted by atomic mass is 16.2. The molecule has 0 saturated heterocycles. The second-order valence-corrected chi connectivity index (χ2v) is 4.32. The van der Waals surface area contributed by atoms with Crippen molar-refractivity contribution < 1.29 is 4.79 Å². The Morgan fingerprint density at radius 2 is 2.06 bits per heavy atom. The van der Waals surface area contributed by atoms with Gasteiger partial charge in [-0.15, -0.1) is 5.10 Å². The van der Waals surface area contributed by atoms with Gasteiger partial charge in [0.25, 0.3) is 0 Å². The number of aromatic nitrogens is 3. The maximum atomic E-state index is 12.1. The first-order valence-corrected chi connectivity index (χ1v) is 6.52. The number of carbonyl (C=O) groups excluding carboxylic acids is 1. The lowest BCUT2D eigenvalue weighted by molar-refractivity contribution is -0.132. The summed E-state index contributed by atoms with van der Waals surface area (Å²) in [6, 6.07) is 0. The topological polar surface area (TPSA) is 63.1 Å². The summed E-state index contributed by atoms with van der Waals surface area (Å²) in [6.45, 7) is 6.72. The molecule has 0 fully saturated rings. The molecule has 6 heteroatoms. The van der Waals surface area contributed by atoms with Gasteiger partial charge in [-0.2, -0.15) is 0 Å². The molecule has 0 radical (unpaired) electrons. The van der Waals surface area contributed by atoms with Crippen LogP contribution in [0.15, 0.2) is 6.20 Å². The quantitative estimate of drug-likeness (QED) is 0.738. The number of nitrogens with zero attached hydrogens (tertiary/aromatic N) is 4. The summed E-state index contributed by atoms with van der Waals surface area (Å²) in [5, 5.41) is 10.9. The number of hydrogen-bond acceptors (Lipinski definition) is 4. The van der Waals surface area contributed by atoms with Crippen LogP contribution in [0.5, 0.6) is 0 Å². The Morgan fingerprint density at radius 3 is 2.61 bits per heavy atom. The lowest BCUT2D eigenvalue weighted by atomic mass is 10.3. The predicted octanol–water partition coefficient (Wildman–Crippen LogP) is 0.646. The molecule has 102 valence electrons. The molecule has 0 atom stereocenters. The molecular weight excluding hydrogens is 230 g/mol. The smallest absolute Gasteiger partial charge is 0.244 e. The average molecular weight is 253 g/mol. The lowest BCUT2D eigenvalue weighted by Gasteiger charge is -2.21. The molecule has 1 N–H and O–H groups in total. The molecule has 1 aromatic rings. The Bertz CT molecular complexity index is 357. The van der Waals surface area contributed by atoms with Gasteiger partial charge in [-0.25, -0.2) is 4.68 Å². The molecule has 1 rings (SSSR count). The summed E-state index contributed by atoms with van der Waals surface area (Å²) in [7, 11) is 1.86. The fraction of sp³-hybridized carbons (Fsp3) is 0.750. The van der Waals surface area contributed by atoms with E-state index in [1.807, 2.05) is 18.1 Å². The predicted molar refractivity (Wildman–Crippen MR) is 69.9 cm³/mol. The van der Waals surface area contributed by atoms with E-state index < -0.39 is 0 Å². The van der Waals surface area contributed by atoms with Gasteiger partial charge in [0.05, 0.1) is 11.9 Å². The van der Waals surface area contributed by atoms with Gasteiger partial charge in [-0.05, 0) is 19.9 Å². The van der Waals surface area contributed by atoms with Crippen LogP contribution in [0.4, 0.5) is 0 Å². The molecule has 0 spiro atoms. The Labute approximate surface area is 108 Å². The van der Waals surface area contributed by atoms with E-state index >= 15 is 0 Å². The van der Waals surface area contributed by atoms with Gasteiger partial charge < -0.3 is 10.2 Å². The number of rotatable bonds is 8. The fourth-order valence-electron chi connectivity index (χ4n) is 1.82. The number of amides is 1. The molecule has 6 nitrogen and oxygen atoms in total. The standard InChI is InChI=1S/C12H23N5O/c1-4-6-16(7-5-2)12(18)10-17-9-11(8-13-3)14-15-17/h9,13H,4-8,10H2,1-3H3. The van der Waals surface area contributed by atoms with Crippen molar-refractivity contribution in [1.82, 2.24) is 25.2 Å². The third-order valence-corrected chi connectivity index (χ3v) is 2.58. The highest BCUT2D eigenvalue weighted by Crippen LogP contribution is 1.99. The van der Waals surface area contributed by atoms with Crippen LogP contribution in [-0.2, 0) is 17.9 Å². The second-order valence-electron chi connectivity index (χ2n) is 4.32. The van der Waals surface area contributed by atoms with Crippen molar-refractivity contribution >= 4 is 5.91 Å². The van der Waals surface area contributed by atoms with Crippen LogP contribution in [0, 0.1) is 0 Å². The van der Waals surface area contributed by atoms with Gasteiger partial charge >= 0.3 is 0 Å². The van der Waals surface area contributed by atoms with E-state index in [1.165, 1.54) is 0 Å². The third-order valence-electron chi connectivity index (χ3n) is 2.58. The number of carbonyl (C=O) groups is 1. The second kappa shape index (κ2) is 7.81. The minimum atomic E-state index is 0.111. The molecule has 1 amide bonds. The monoisotopic (exact) mass is 253 g/mol. The van der Waals surface area contributed by atoms with Gasteiger partial charge in [0.1, 0.15) is 6.54 Å². The molecule has 1 heterocycles. The van der Waals surface area contributed by atoms with Crippen LogP contribution in [0.3, 0.4) is 0 Å². The van der Waals surface area contributed by atoms with E-state index in [4.69, 9.17) is 0 Å². The van der Waals surface area contributed by atoms with E-state index in [2.05, 4.69) is 29.5 Å². The van der Waals surface area contributed by atoms with Gasteiger partial charge in [0, 0.05) is 19.6 Å². The van der Waals surface area contributed by atoms with Gasteiger partial charge in [0.2, 0.25) is 5.91 Å². The minimum absolute atomic E-state index is 0.111. The van der Waals surface area contributed by atoms with E-state index in [1.54, 1.807) is 4.68 Å². The number of nitrogens with one attached hydrogen (secondary N) is 1. The third kappa shape index (κ3) is 4.44. The Morgan fingerprint density at radius 1 is 1.39 bits per heavy atom. The highest BCUT2D eigenvalue weighted by molar-refractivity contribution is 5.75. The van der Waals surface area contributed by atoms with Crippen molar-refractivity contribution in [1.29, 1.82) is 0 Å². The van der Waals surface area contributed by atoms with Gasteiger partial charge in [-0.3, -0.25) is 4.79 Å². The van der Waals surface area contributed by atoms with Gasteiger partial charge in [0.15, 0.2) is 0 Å². The molecule has 0 aromatic carbocycles. The van der Waals surface area contributed by atoms with Crippen LogP contribution in [-0.4, -0.2) is 45.9 Å². The molecule has 0 aliphatic carbocycles. The van der Waals surface area contributed by atoms with Crippen molar-refractivity contribution in [3.8, 4) is 0 Å². The fourth-order valence-corrected chi connectivity index (χ4v) is 1.82. The first kappa shape index (κ1) is 14.6. The molecule has 0 bridgehead atoms. The van der Waals surface area contributed by atoms with Crippen LogP contribution in [0.2, 0.25) is 0 Å². The number of hydrogen-bond donors (Lipinski definition) is 1. The van der Waals surface area contributed by atoms with Crippen LogP contribution in [0.1, 0.15) is 32.4 Å². The maximum absolute atomic E-state index is 12.1. The zero-order chi connectivity index (χ0) is 13.4. The lowest BCUT2D eigenvalue weighted by Crippen LogP contribution is -2.35. The van der Waals surface area contributed by atoms with Crippen molar-refractivity contribution in [2.24, 2.45) is 0 Å². The first-order chi connectivity index (χ1) is 8.71. The largest absolute Gasteiger partial charge is 0.341 e. The molecular formula is C12H23N5O. The van der Waals surface area contributed by atoms with Crippen molar-refractivity contribution in [3.05, 3.63) is 11.9 Å². The minimum Gasteiger partial charge on any atom is -0.341 e. The summed E-state index contributed by atoms with van der Waals surface area (Å²) in [4.78, 5) is 14.0. The van der Waals surface area contributed by atoms with Crippen LogP contribution in [0.25, 0.3) is 0 Å². The summed E-state index contributed by atoms with van der Waals surface area (Å²) in [5.74, 6) is 0.111. The zero-order valence-corrected chi connectivity index (χ0v) is 11.5. The molecule has 0 saturated carbocycles. The maximum Gasteiger partial charge on any atom is 0.244 e. The van der Waals surface area contributed by atoms with Gasteiger partial charge in [-0.1, -0.05) is 19.1 Å². The summed E-state index contributed by atoms with van der Waals surface area (Å²) in [5.41, 5.74) is 0.850. The van der Waals surface area contributed by atoms with Crippen molar-refractivity contribution in [2.45, 2.75) is 39.8 Å². The SMILES string of the molecule is CCCN(CCC)C(=O)Cn1cc(CNC)nn1. The molecule has 18 heavy (non-hydrogen) atoms. The highest BCUT2D eigenvalue weighted by Gasteiger charge is 2.13. The summed E-state index contributed by atoms with van der Waals surface area (Å²) in [6.07, 6.45) is 3.77. The normalized spacial score (nSPS) is 10.6. The Balaban J connectivity index is 2.55. The summed E-state index contributed by atoms with van der Waals surface area (Å²) < 4.78 is 1.60. The molecule has 1 aromatic heterocycles.